The normalized spacial score (nSPS) is 12.5. The number of anilines is 1. The van der Waals surface area contributed by atoms with E-state index in [9.17, 15) is 4.79 Å². The first-order valence-electron chi connectivity index (χ1n) is 6.24. The number of benzene rings is 1. The van der Waals surface area contributed by atoms with Crippen molar-refractivity contribution in [1.29, 1.82) is 0 Å². The first kappa shape index (κ1) is 13.8. The molecule has 6 heteroatoms. The van der Waals surface area contributed by atoms with E-state index in [0.717, 1.165) is 5.56 Å². The molecular formula is C14H17N5O. The number of rotatable bonds is 4. The molecule has 20 heavy (non-hydrogen) atoms. The van der Waals surface area contributed by atoms with E-state index in [2.05, 4.69) is 15.5 Å². The van der Waals surface area contributed by atoms with Gasteiger partial charge in [-0.05, 0) is 30.7 Å². The number of carbonyl (C=O) groups excluding carboxylic acids is 1. The van der Waals surface area contributed by atoms with E-state index in [0.29, 0.717) is 11.5 Å². The first-order valence-corrected chi connectivity index (χ1v) is 6.24. The summed E-state index contributed by atoms with van der Waals surface area (Å²) in [6, 6.07) is 7.08. The van der Waals surface area contributed by atoms with Crippen LogP contribution in [0.1, 0.15) is 24.4 Å². The van der Waals surface area contributed by atoms with Crippen LogP contribution in [0.3, 0.4) is 0 Å². The van der Waals surface area contributed by atoms with Crippen molar-refractivity contribution >= 4 is 17.7 Å². The van der Waals surface area contributed by atoms with Gasteiger partial charge in [0, 0.05) is 18.8 Å². The van der Waals surface area contributed by atoms with Crippen molar-refractivity contribution in [2.45, 2.75) is 13.0 Å². The molecule has 1 atom stereocenters. The quantitative estimate of drug-likeness (QED) is 0.648. The van der Waals surface area contributed by atoms with Gasteiger partial charge in [-0.15, -0.1) is 10.2 Å². The highest BCUT2D eigenvalue weighted by molar-refractivity contribution is 5.91. The number of amides is 1. The Hall–Kier alpha value is -2.63. The third kappa shape index (κ3) is 3.44. The Balaban J connectivity index is 1.95. The summed E-state index contributed by atoms with van der Waals surface area (Å²) < 4.78 is 1.77. The Morgan fingerprint density at radius 3 is 2.70 bits per heavy atom. The van der Waals surface area contributed by atoms with Crippen LogP contribution in [0.4, 0.5) is 5.69 Å². The molecule has 0 spiro atoms. The van der Waals surface area contributed by atoms with Crippen LogP contribution in [0, 0.1) is 0 Å². The Bertz CT molecular complexity index is 615. The molecule has 0 saturated carbocycles. The van der Waals surface area contributed by atoms with E-state index in [1.165, 1.54) is 6.08 Å². The highest BCUT2D eigenvalue weighted by Crippen LogP contribution is 2.09. The molecule has 1 aromatic heterocycles. The molecule has 2 rings (SSSR count). The maximum absolute atomic E-state index is 11.8. The predicted molar refractivity (Wildman–Crippen MR) is 77.4 cm³/mol. The Morgan fingerprint density at radius 1 is 1.40 bits per heavy atom. The van der Waals surface area contributed by atoms with Crippen LogP contribution in [0.15, 0.2) is 36.7 Å². The molecule has 1 heterocycles. The summed E-state index contributed by atoms with van der Waals surface area (Å²) in [5, 5.41) is 10.6. The van der Waals surface area contributed by atoms with Gasteiger partial charge >= 0.3 is 0 Å². The van der Waals surface area contributed by atoms with Crippen LogP contribution in [0.2, 0.25) is 0 Å². The van der Waals surface area contributed by atoms with Gasteiger partial charge in [-0.2, -0.15) is 0 Å². The molecule has 1 amide bonds. The Kier molecular flexibility index (Phi) is 4.14. The zero-order valence-corrected chi connectivity index (χ0v) is 11.4. The summed E-state index contributed by atoms with van der Waals surface area (Å²) in [5.74, 6) is 0.525. The second-order valence-electron chi connectivity index (χ2n) is 4.53. The van der Waals surface area contributed by atoms with Crippen molar-refractivity contribution in [3.63, 3.8) is 0 Å². The van der Waals surface area contributed by atoms with Gasteiger partial charge in [0.15, 0.2) is 5.82 Å². The molecule has 3 N–H and O–H groups in total. The largest absolute Gasteiger partial charge is 0.399 e. The fourth-order valence-corrected chi connectivity index (χ4v) is 1.79. The minimum absolute atomic E-state index is 0.183. The van der Waals surface area contributed by atoms with Gasteiger partial charge in [-0.25, -0.2) is 0 Å². The first-order chi connectivity index (χ1) is 9.56. The second-order valence-corrected chi connectivity index (χ2v) is 4.53. The molecule has 2 aromatic rings. The fourth-order valence-electron chi connectivity index (χ4n) is 1.79. The SMILES string of the molecule is CC(NC(=O)/C=C/c1ccc(N)cc1)c1nncn1C. The van der Waals surface area contributed by atoms with Crippen molar-refractivity contribution < 1.29 is 4.79 Å². The van der Waals surface area contributed by atoms with Crippen LogP contribution < -0.4 is 11.1 Å². The summed E-state index contributed by atoms with van der Waals surface area (Å²) in [5.41, 5.74) is 7.21. The lowest BCUT2D eigenvalue weighted by Gasteiger charge is -2.11. The fraction of sp³-hybridized carbons (Fsp3) is 0.214. The van der Waals surface area contributed by atoms with E-state index < -0.39 is 0 Å². The Morgan fingerprint density at radius 2 is 2.10 bits per heavy atom. The molecule has 0 saturated heterocycles. The summed E-state index contributed by atoms with van der Waals surface area (Å²) in [6.07, 6.45) is 4.82. The van der Waals surface area contributed by atoms with Crippen molar-refractivity contribution in [2.24, 2.45) is 7.05 Å². The number of aryl methyl sites for hydroxylation is 1. The van der Waals surface area contributed by atoms with Crippen LogP contribution in [0.25, 0.3) is 6.08 Å². The van der Waals surface area contributed by atoms with E-state index in [1.807, 2.05) is 26.1 Å². The molecular weight excluding hydrogens is 254 g/mol. The Labute approximate surface area is 117 Å². The summed E-state index contributed by atoms with van der Waals surface area (Å²) in [7, 11) is 1.84. The maximum Gasteiger partial charge on any atom is 0.244 e. The number of nitrogens with zero attached hydrogens (tertiary/aromatic N) is 3. The van der Waals surface area contributed by atoms with E-state index in [4.69, 9.17) is 5.73 Å². The number of hydrogen-bond donors (Lipinski definition) is 2. The highest BCUT2D eigenvalue weighted by Gasteiger charge is 2.12. The summed E-state index contributed by atoms with van der Waals surface area (Å²) in [4.78, 5) is 11.8. The van der Waals surface area contributed by atoms with Crippen molar-refractivity contribution in [1.82, 2.24) is 20.1 Å². The smallest absolute Gasteiger partial charge is 0.244 e. The van der Waals surface area contributed by atoms with Gasteiger partial charge in [0.1, 0.15) is 6.33 Å². The van der Waals surface area contributed by atoms with Gasteiger partial charge in [-0.3, -0.25) is 4.79 Å². The van der Waals surface area contributed by atoms with E-state index in [1.54, 1.807) is 29.1 Å². The van der Waals surface area contributed by atoms with Crippen molar-refractivity contribution in [2.75, 3.05) is 5.73 Å². The molecule has 0 bridgehead atoms. The molecule has 6 nitrogen and oxygen atoms in total. The monoisotopic (exact) mass is 271 g/mol. The third-order valence-electron chi connectivity index (χ3n) is 2.86. The van der Waals surface area contributed by atoms with Crippen LogP contribution in [0.5, 0.6) is 0 Å². The molecule has 104 valence electrons. The minimum Gasteiger partial charge on any atom is -0.399 e. The maximum atomic E-state index is 11.8. The van der Waals surface area contributed by atoms with Crippen LogP contribution >= 0.6 is 0 Å². The van der Waals surface area contributed by atoms with E-state index in [-0.39, 0.29) is 11.9 Å². The van der Waals surface area contributed by atoms with Crippen molar-refractivity contribution in [3.8, 4) is 0 Å². The summed E-state index contributed by atoms with van der Waals surface area (Å²) >= 11 is 0. The predicted octanol–water partition coefficient (Wildman–Crippen LogP) is 1.29. The van der Waals surface area contributed by atoms with Crippen LogP contribution in [-0.4, -0.2) is 20.7 Å². The lowest BCUT2D eigenvalue weighted by atomic mass is 10.2. The molecule has 0 radical (unpaired) electrons. The lowest BCUT2D eigenvalue weighted by molar-refractivity contribution is -0.117. The van der Waals surface area contributed by atoms with Gasteiger partial charge < -0.3 is 15.6 Å². The minimum atomic E-state index is -0.203. The number of aromatic nitrogens is 3. The van der Waals surface area contributed by atoms with Crippen molar-refractivity contribution in [3.05, 3.63) is 48.1 Å². The molecule has 0 aliphatic heterocycles. The van der Waals surface area contributed by atoms with Gasteiger partial charge in [0.05, 0.1) is 6.04 Å². The molecule has 1 aromatic carbocycles. The van der Waals surface area contributed by atoms with Gasteiger partial charge in [0.25, 0.3) is 0 Å². The van der Waals surface area contributed by atoms with Crippen LogP contribution in [-0.2, 0) is 11.8 Å². The molecule has 0 aliphatic rings. The molecule has 0 aliphatic carbocycles. The highest BCUT2D eigenvalue weighted by atomic mass is 16.1. The average molecular weight is 271 g/mol. The molecule has 0 fully saturated rings. The zero-order chi connectivity index (χ0) is 14.5. The second kappa shape index (κ2) is 6.01. The van der Waals surface area contributed by atoms with Gasteiger partial charge in [0.2, 0.25) is 5.91 Å². The number of nitrogen functional groups attached to an aromatic ring is 1. The summed E-state index contributed by atoms with van der Waals surface area (Å²) in [6.45, 7) is 1.86. The number of carbonyl (C=O) groups is 1. The lowest BCUT2D eigenvalue weighted by Crippen LogP contribution is -2.26. The third-order valence-corrected chi connectivity index (χ3v) is 2.86. The van der Waals surface area contributed by atoms with E-state index >= 15 is 0 Å². The number of nitrogens with two attached hydrogens (primary N) is 1. The topological polar surface area (TPSA) is 85.8 Å². The average Bonchev–Trinajstić information content (AvgIpc) is 2.84. The van der Waals surface area contributed by atoms with Gasteiger partial charge in [-0.1, -0.05) is 12.1 Å². The number of hydrogen-bond acceptors (Lipinski definition) is 4. The molecule has 1 unspecified atom stereocenters. The standard InChI is InChI=1S/C14H17N5O/c1-10(14-18-16-9-19(14)2)17-13(20)8-5-11-3-6-12(15)7-4-11/h3-10H,15H2,1-2H3,(H,17,20)/b8-5+. The zero-order valence-electron chi connectivity index (χ0n) is 11.4. The number of nitrogens with one attached hydrogen (secondary N) is 1.